The van der Waals surface area contributed by atoms with Crippen molar-refractivity contribution in [2.45, 2.75) is 37.5 Å². The maximum absolute atomic E-state index is 14.8. The first kappa shape index (κ1) is 23.2. The van der Waals surface area contributed by atoms with E-state index < -0.39 is 41.4 Å². The minimum Gasteiger partial charge on any atom is -0.465 e. The third-order valence-corrected chi connectivity index (χ3v) is 5.25. The van der Waals surface area contributed by atoms with Crippen LogP contribution in [0.4, 0.5) is 17.6 Å². The zero-order valence-electron chi connectivity index (χ0n) is 17.2. The van der Waals surface area contributed by atoms with Gasteiger partial charge in [0.1, 0.15) is 11.4 Å². The van der Waals surface area contributed by atoms with Crippen molar-refractivity contribution in [3.05, 3.63) is 59.4 Å². The summed E-state index contributed by atoms with van der Waals surface area (Å²) >= 11 is 0. The number of halogens is 4. The molecule has 1 aliphatic rings. The summed E-state index contributed by atoms with van der Waals surface area (Å²) in [6.07, 6.45) is -5.00. The number of nitrogens with one attached hydrogen (secondary N) is 2. The van der Waals surface area contributed by atoms with Crippen LogP contribution in [0, 0.1) is 5.82 Å². The van der Waals surface area contributed by atoms with E-state index in [1.165, 1.54) is 26.2 Å². The average Bonchev–Trinajstić information content (AvgIpc) is 3.53. The molecule has 2 amide bonds. The summed E-state index contributed by atoms with van der Waals surface area (Å²) in [5.74, 6) is -4.28. The van der Waals surface area contributed by atoms with Crippen molar-refractivity contribution in [1.82, 2.24) is 10.6 Å². The Morgan fingerprint density at radius 1 is 1.09 bits per heavy atom. The average molecular weight is 452 g/mol. The molecule has 1 fully saturated rings. The summed E-state index contributed by atoms with van der Waals surface area (Å²) in [4.78, 5) is 35.6. The molecule has 0 aromatic heterocycles. The summed E-state index contributed by atoms with van der Waals surface area (Å²) in [5.41, 5.74) is -0.443. The summed E-state index contributed by atoms with van der Waals surface area (Å²) < 4.78 is 57.1. The molecule has 32 heavy (non-hydrogen) atoms. The summed E-state index contributed by atoms with van der Waals surface area (Å²) in [6.45, 7) is 1.47. The second-order valence-electron chi connectivity index (χ2n) is 7.50. The molecule has 10 heteroatoms. The number of amides is 2. The van der Waals surface area contributed by atoms with Gasteiger partial charge in [-0.1, -0.05) is 30.3 Å². The molecule has 2 aromatic carbocycles. The molecule has 2 N–H and O–H groups in total. The number of ether oxygens (including phenoxy) is 1. The summed E-state index contributed by atoms with van der Waals surface area (Å²) in [5, 5.41) is 4.18. The van der Waals surface area contributed by atoms with Crippen molar-refractivity contribution >= 4 is 17.8 Å². The Kier molecular flexibility index (Phi) is 6.25. The molecular formula is C22H20F4N2O4. The molecule has 6 nitrogen and oxygen atoms in total. The van der Waals surface area contributed by atoms with E-state index in [0.717, 1.165) is 0 Å². The molecule has 3 rings (SSSR count). The lowest BCUT2D eigenvalue weighted by Crippen LogP contribution is -2.53. The molecular weight excluding hydrogens is 432 g/mol. The Hall–Kier alpha value is -3.43. The van der Waals surface area contributed by atoms with E-state index in [-0.39, 0.29) is 24.0 Å². The second kappa shape index (κ2) is 8.60. The standard InChI is InChI=1S/C22H20F4N2O4/c1-12(27-19(30)21(9-10-21)28-20(31)22(24,25)26)14-8-7-13(11-17(14)23)15-5-3-4-6-16(15)18(29)32-2/h3-8,11-12H,9-10H2,1-2H3,(H,27,30)(H,28,31)/t12-/m1/s1. The van der Waals surface area contributed by atoms with E-state index in [2.05, 4.69) is 5.32 Å². The Morgan fingerprint density at radius 3 is 2.31 bits per heavy atom. The molecule has 1 atom stereocenters. The van der Waals surface area contributed by atoms with Crippen LogP contribution in [0.2, 0.25) is 0 Å². The van der Waals surface area contributed by atoms with Gasteiger partial charge in [0, 0.05) is 5.56 Å². The Morgan fingerprint density at radius 2 is 1.75 bits per heavy atom. The van der Waals surface area contributed by atoms with Gasteiger partial charge in [0.25, 0.3) is 0 Å². The first-order valence-corrected chi connectivity index (χ1v) is 9.66. The number of benzene rings is 2. The molecule has 0 spiro atoms. The minimum absolute atomic E-state index is 0.0547. The van der Waals surface area contributed by atoms with Gasteiger partial charge < -0.3 is 15.4 Å². The summed E-state index contributed by atoms with van der Waals surface area (Å²) in [7, 11) is 1.23. The second-order valence-corrected chi connectivity index (χ2v) is 7.50. The van der Waals surface area contributed by atoms with Crippen LogP contribution in [0.15, 0.2) is 42.5 Å². The van der Waals surface area contributed by atoms with Gasteiger partial charge >= 0.3 is 18.1 Å². The number of carbonyl (C=O) groups excluding carboxylic acids is 3. The maximum Gasteiger partial charge on any atom is 0.471 e. The van der Waals surface area contributed by atoms with Crippen LogP contribution in [0.25, 0.3) is 11.1 Å². The van der Waals surface area contributed by atoms with Crippen molar-refractivity contribution in [3.63, 3.8) is 0 Å². The molecule has 0 unspecified atom stereocenters. The first-order valence-electron chi connectivity index (χ1n) is 9.66. The predicted molar refractivity (Wildman–Crippen MR) is 106 cm³/mol. The van der Waals surface area contributed by atoms with Crippen LogP contribution < -0.4 is 10.6 Å². The van der Waals surface area contributed by atoms with Gasteiger partial charge in [0.2, 0.25) is 5.91 Å². The van der Waals surface area contributed by atoms with Gasteiger partial charge in [-0.3, -0.25) is 9.59 Å². The molecule has 0 saturated heterocycles. The normalized spacial score (nSPS) is 15.4. The SMILES string of the molecule is COC(=O)c1ccccc1-c1ccc([C@@H](C)NC(=O)C2(NC(=O)C(F)(F)F)CC2)c(F)c1. The van der Waals surface area contributed by atoms with Gasteiger partial charge in [-0.05, 0) is 43.0 Å². The van der Waals surface area contributed by atoms with Crippen LogP contribution in [0.1, 0.15) is 41.7 Å². The minimum atomic E-state index is -5.11. The third-order valence-electron chi connectivity index (χ3n) is 5.25. The van der Waals surface area contributed by atoms with Gasteiger partial charge in [-0.25, -0.2) is 9.18 Å². The van der Waals surface area contributed by atoms with Gasteiger partial charge in [-0.15, -0.1) is 0 Å². The molecule has 1 aliphatic carbocycles. The molecule has 0 aliphatic heterocycles. The lowest BCUT2D eigenvalue weighted by Gasteiger charge is -2.22. The quantitative estimate of drug-likeness (QED) is 0.518. The van der Waals surface area contributed by atoms with Gasteiger partial charge in [0.05, 0.1) is 18.7 Å². The lowest BCUT2D eigenvalue weighted by atomic mass is 9.97. The number of esters is 1. The predicted octanol–water partition coefficient (Wildman–Crippen LogP) is 3.67. The van der Waals surface area contributed by atoms with Crippen LogP contribution in [0.5, 0.6) is 0 Å². The fourth-order valence-corrected chi connectivity index (χ4v) is 3.30. The number of alkyl halides is 3. The molecule has 2 aromatic rings. The maximum atomic E-state index is 14.8. The van der Waals surface area contributed by atoms with Crippen LogP contribution in [-0.2, 0) is 14.3 Å². The number of hydrogen-bond acceptors (Lipinski definition) is 4. The van der Waals surface area contributed by atoms with E-state index in [1.54, 1.807) is 35.6 Å². The monoisotopic (exact) mass is 452 g/mol. The van der Waals surface area contributed by atoms with Crippen LogP contribution in [0.3, 0.4) is 0 Å². The molecule has 170 valence electrons. The highest BCUT2D eigenvalue weighted by molar-refractivity contribution is 5.97. The fourth-order valence-electron chi connectivity index (χ4n) is 3.30. The largest absolute Gasteiger partial charge is 0.471 e. The molecule has 0 bridgehead atoms. The Labute approximate surface area is 180 Å². The van der Waals surface area contributed by atoms with Crippen molar-refractivity contribution in [1.29, 1.82) is 0 Å². The van der Waals surface area contributed by atoms with E-state index in [4.69, 9.17) is 4.74 Å². The zero-order chi connectivity index (χ0) is 23.7. The van der Waals surface area contributed by atoms with Gasteiger partial charge in [0.15, 0.2) is 0 Å². The van der Waals surface area contributed by atoms with Crippen molar-refractivity contribution in [2.75, 3.05) is 7.11 Å². The zero-order valence-corrected chi connectivity index (χ0v) is 17.2. The third kappa shape index (κ3) is 4.74. The van der Waals surface area contributed by atoms with Crippen molar-refractivity contribution in [3.8, 4) is 11.1 Å². The van der Waals surface area contributed by atoms with E-state index >= 15 is 0 Å². The highest BCUT2D eigenvalue weighted by atomic mass is 19.4. The topological polar surface area (TPSA) is 84.5 Å². The fraction of sp³-hybridized carbons (Fsp3) is 0.318. The van der Waals surface area contributed by atoms with Crippen LogP contribution >= 0.6 is 0 Å². The van der Waals surface area contributed by atoms with E-state index in [9.17, 15) is 31.9 Å². The lowest BCUT2D eigenvalue weighted by molar-refractivity contribution is -0.175. The number of rotatable bonds is 6. The number of hydrogen-bond donors (Lipinski definition) is 2. The van der Waals surface area contributed by atoms with E-state index in [1.807, 2.05) is 0 Å². The Balaban J connectivity index is 1.77. The molecule has 0 radical (unpaired) electrons. The highest BCUT2D eigenvalue weighted by Gasteiger charge is 2.55. The van der Waals surface area contributed by atoms with Crippen molar-refractivity contribution < 1.29 is 36.7 Å². The smallest absolute Gasteiger partial charge is 0.465 e. The van der Waals surface area contributed by atoms with Gasteiger partial charge in [-0.2, -0.15) is 13.2 Å². The van der Waals surface area contributed by atoms with Crippen LogP contribution in [-0.4, -0.2) is 36.6 Å². The summed E-state index contributed by atoms with van der Waals surface area (Å²) in [6, 6.07) is 9.78. The molecule has 0 heterocycles. The van der Waals surface area contributed by atoms with Crippen molar-refractivity contribution in [2.24, 2.45) is 0 Å². The number of carbonyl (C=O) groups is 3. The van der Waals surface area contributed by atoms with E-state index in [0.29, 0.717) is 11.1 Å². The molecule has 1 saturated carbocycles. The first-order chi connectivity index (χ1) is 15.0. The number of methoxy groups -OCH3 is 1. The highest BCUT2D eigenvalue weighted by Crippen LogP contribution is 2.37. The Bertz CT molecular complexity index is 1060.